The van der Waals surface area contributed by atoms with Crippen LogP contribution < -0.4 is 10.6 Å². The van der Waals surface area contributed by atoms with Crippen molar-refractivity contribution in [2.24, 2.45) is 5.92 Å². The van der Waals surface area contributed by atoms with Gasteiger partial charge in [0.15, 0.2) is 0 Å². The minimum atomic E-state index is -0.281. The second-order valence-electron chi connectivity index (χ2n) is 9.61. The van der Waals surface area contributed by atoms with Crippen LogP contribution in [0.3, 0.4) is 0 Å². The quantitative estimate of drug-likeness (QED) is 0.172. The molecule has 3 aromatic heterocycles. The van der Waals surface area contributed by atoms with Gasteiger partial charge in [-0.1, -0.05) is 38.6 Å². The Kier molecular flexibility index (Phi) is 7.10. The summed E-state index contributed by atoms with van der Waals surface area (Å²) in [6.07, 6.45) is 8.90. The Labute approximate surface area is 225 Å². The molecule has 196 valence electrons. The highest BCUT2D eigenvalue weighted by Crippen LogP contribution is 2.34. The molecule has 3 heterocycles. The van der Waals surface area contributed by atoms with Crippen LogP contribution in [0.1, 0.15) is 26.3 Å². The van der Waals surface area contributed by atoms with Crippen LogP contribution >= 0.6 is 0 Å². The van der Waals surface area contributed by atoms with Gasteiger partial charge in [-0.3, -0.25) is 14.9 Å². The van der Waals surface area contributed by atoms with Crippen molar-refractivity contribution in [2.75, 3.05) is 0 Å². The number of pyridine rings is 1. The van der Waals surface area contributed by atoms with E-state index in [0.717, 1.165) is 61.2 Å². The molecular formula is C31H29FN6O. The largest absolute Gasteiger partial charge is 0.368 e. The van der Waals surface area contributed by atoms with Crippen LogP contribution in [-0.2, 0) is 4.79 Å². The van der Waals surface area contributed by atoms with Gasteiger partial charge in [0.05, 0.1) is 22.9 Å². The summed E-state index contributed by atoms with van der Waals surface area (Å²) >= 11 is 0. The predicted octanol–water partition coefficient (Wildman–Crippen LogP) is 6.66. The predicted molar refractivity (Wildman–Crippen MR) is 155 cm³/mol. The average Bonchev–Trinajstić information content (AvgIpc) is 3.55. The molecule has 5 aromatic rings. The summed E-state index contributed by atoms with van der Waals surface area (Å²) in [5.74, 6) is -0.441. The smallest absolute Gasteiger partial charge is 0.226 e. The molecule has 4 N–H and O–H groups in total. The molecular weight excluding hydrogens is 491 g/mol. The van der Waals surface area contributed by atoms with Crippen LogP contribution in [0.25, 0.3) is 49.9 Å². The van der Waals surface area contributed by atoms with Crippen LogP contribution in [0, 0.1) is 11.7 Å². The summed E-state index contributed by atoms with van der Waals surface area (Å²) in [7, 11) is 0. The summed E-state index contributed by atoms with van der Waals surface area (Å²) in [4.78, 5) is 20.0. The van der Waals surface area contributed by atoms with Crippen LogP contribution in [-0.4, -0.2) is 26.1 Å². The molecule has 0 bridgehead atoms. The van der Waals surface area contributed by atoms with E-state index in [-0.39, 0.29) is 17.6 Å². The van der Waals surface area contributed by atoms with Gasteiger partial charge < -0.3 is 15.6 Å². The second-order valence-corrected chi connectivity index (χ2v) is 9.61. The molecule has 0 radical (unpaired) electrons. The highest BCUT2D eigenvalue weighted by Gasteiger charge is 2.15. The van der Waals surface area contributed by atoms with E-state index in [1.54, 1.807) is 30.7 Å². The lowest BCUT2D eigenvalue weighted by Crippen LogP contribution is -2.26. The monoisotopic (exact) mass is 520 g/mol. The zero-order chi connectivity index (χ0) is 27.5. The zero-order valence-electron chi connectivity index (χ0n) is 22.0. The first kappa shape index (κ1) is 25.7. The topological polar surface area (TPSA) is 98.5 Å². The number of amides is 1. The number of carbonyl (C=O) groups is 1. The minimum Gasteiger partial charge on any atom is -0.368 e. The summed E-state index contributed by atoms with van der Waals surface area (Å²) in [6, 6.07) is 14.5. The fourth-order valence-electron chi connectivity index (χ4n) is 4.40. The van der Waals surface area contributed by atoms with Gasteiger partial charge in [0.2, 0.25) is 5.91 Å². The highest BCUT2D eigenvalue weighted by atomic mass is 19.1. The van der Waals surface area contributed by atoms with E-state index in [1.165, 1.54) is 12.1 Å². The Bertz CT molecular complexity index is 1740. The Morgan fingerprint density at radius 2 is 1.85 bits per heavy atom. The number of benzene rings is 2. The van der Waals surface area contributed by atoms with Crippen LogP contribution in [0.5, 0.6) is 0 Å². The number of H-pyrrole nitrogens is 2. The van der Waals surface area contributed by atoms with E-state index in [4.69, 9.17) is 0 Å². The summed E-state index contributed by atoms with van der Waals surface area (Å²) in [5, 5.41) is 15.6. The maximum atomic E-state index is 13.5. The number of aromatic amines is 2. The van der Waals surface area contributed by atoms with Gasteiger partial charge in [0, 0.05) is 40.3 Å². The van der Waals surface area contributed by atoms with Crippen molar-refractivity contribution < 1.29 is 9.18 Å². The van der Waals surface area contributed by atoms with Crippen molar-refractivity contribution in [1.29, 1.82) is 0 Å². The summed E-state index contributed by atoms with van der Waals surface area (Å²) in [6.45, 7) is 9.31. The van der Waals surface area contributed by atoms with Crippen LogP contribution in [0.4, 0.5) is 4.39 Å². The first-order valence-corrected chi connectivity index (χ1v) is 12.6. The molecule has 39 heavy (non-hydrogen) atoms. The van der Waals surface area contributed by atoms with Crippen molar-refractivity contribution in [3.05, 3.63) is 103 Å². The fourth-order valence-corrected chi connectivity index (χ4v) is 4.40. The van der Waals surface area contributed by atoms with Gasteiger partial charge in [-0.25, -0.2) is 4.39 Å². The van der Waals surface area contributed by atoms with Crippen molar-refractivity contribution in [1.82, 2.24) is 30.8 Å². The molecule has 0 aliphatic rings. The number of aromatic nitrogens is 4. The van der Waals surface area contributed by atoms with Gasteiger partial charge >= 0.3 is 0 Å². The van der Waals surface area contributed by atoms with E-state index in [0.29, 0.717) is 0 Å². The maximum absolute atomic E-state index is 13.5. The molecule has 0 saturated heterocycles. The number of rotatable bonds is 8. The second kappa shape index (κ2) is 10.8. The number of allylic oxidation sites excluding steroid dienone is 3. The third kappa shape index (κ3) is 5.36. The molecule has 5 rings (SSSR count). The average molecular weight is 521 g/mol. The molecule has 0 fully saturated rings. The maximum Gasteiger partial charge on any atom is 0.226 e. The lowest BCUT2D eigenvalue weighted by Gasteiger charge is -2.10. The molecule has 8 heteroatoms. The van der Waals surface area contributed by atoms with E-state index in [9.17, 15) is 9.18 Å². The van der Waals surface area contributed by atoms with Gasteiger partial charge in [-0.15, -0.1) is 0 Å². The zero-order valence-corrected chi connectivity index (χ0v) is 22.0. The molecule has 0 aliphatic carbocycles. The first-order valence-electron chi connectivity index (χ1n) is 12.6. The number of nitrogens with zero attached hydrogens (tertiary/aromatic N) is 2. The fraction of sp³-hybridized carbons (Fsp3) is 0.129. The molecule has 2 aromatic carbocycles. The molecule has 0 saturated carbocycles. The first-order chi connectivity index (χ1) is 18.8. The lowest BCUT2D eigenvalue weighted by atomic mass is 10.0. The van der Waals surface area contributed by atoms with Gasteiger partial charge in [-0.05, 0) is 66.2 Å². The lowest BCUT2D eigenvalue weighted by molar-refractivity contribution is -0.123. The van der Waals surface area contributed by atoms with E-state index in [1.807, 2.05) is 51.2 Å². The summed E-state index contributed by atoms with van der Waals surface area (Å²) < 4.78 is 13.5. The number of carbonyl (C=O) groups excluding carboxylic acids is 1. The van der Waals surface area contributed by atoms with E-state index >= 15 is 0 Å². The number of nitrogens with one attached hydrogen (secondary N) is 4. The van der Waals surface area contributed by atoms with Crippen LogP contribution in [0.2, 0.25) is 0 Å². The highest BCUT2D eigenvalue weighted by molar-refractivity contribution is 6.01. The normalized spacial score (nSPS) is 12.3. The Morgan fingerprint density at radius 1 is 1.05 bits per heavy atom. The van der Waals surface area contributed by atoms with Crippen molar-refractivity contribution in [2.45, 2.75) is 20.8 Å². The third-order valence-electron chi connectivity index (χ3n) is 6.43. The van der Waals surface area contributed by atoms with E-state index < -0.39 is 0 Å². The van der Waals surface area contributed by atoms with Crippen LogP contribution in [0.15, 0.2) is 91.7 Å². The van der Waals surface area contributed by atoms with Crippen molar-refractivity contribution in [3.63, 3.8) is 0 Å². The standard InChI is InChI=1S/C31H29FN6O/c1-5-33-15-22(12-19(4)35-31(39)18(2)3)21-8-11-27-25(13-21)30(38-37-27)28-14-24-26(16-34-17-29(24)36-28)20-6-9-23(32)10-7-20/h5-18,33,36H,1H2,2-4H3,(H,35,39)(H,37,38)/b19-12+,22-15+. The number of hydrogen-bond acceptors (Lipinski definition) is 4. The molecule has 0 unspecified atom stereocenters. The van der Waals surface area contributed by atoms with Gasteiger partial charge in [-0.2, -0.15) is 5.10 Å². The van der Waals surface area contributed by atoms with Crippen molar-refractivity contribution in [3.8, 4) is 22.5 Å². The Morgan fingerprint density at radius 3 is 2.59 bits per heavy atom. The molecule has 0 spiro atoms. The number of hydrogen-bond donors (Lipinski definition) is 4. The molecule has 1 amide bonds. The van der Waals surface area contributed by atoms with Gasteiger partial charge in [0.1, 0.15) is 11.5 Å². The third-order valence-corrected chi connectivity index (χ3v) is 6.43. The molecule has 7 nitrogen and oxygen atoms in total. The Hall–Kier alpha value is -4.98. The summed E-state index contributed by atoms with van der Waals surface area (Å²) in [5.41, 5.74) is 7.64. The van der Waals surface area contributed by atoms with E-state index in [2.05, 4.69) is 43.4 Å². The molecule has 0 aliphatic heterocycles. The Balaban J connectivity index is 1.56. The number of fused-ring (bicyclic) bond motifs is 2. The minimum absolute atomic E-state index is 0.0411. The number of halogens is 1. The molecule has 0 atom stereocenters. The SMILES string of the molecule is C=CN/C=C(\C=C(/C)NC(=O)C(C)C)c1ccc2[nH]nc(-c3cc4c(-c5ccc(F)cc5)cncc4[nH]3)c2c1. The van der Waals surface area contributed by atoms with Crippen molar-refractivity contribution >= 4 is 33.3 Å². The van der Waals surface area contributed by atoms with Gasteiger partial charge in [0.25, 0.3) is 0 Å².